The molecule has 2 unspecified atom stereocenters. The summed E-state index contributed by atoms with van der Waals surface area (Å²) in [7, 11) is 0. The first-order valence-corrected chi connectivity index (χ1v) is 6.34. The largest absolute Gasteiger partial charge is 0.380 e. The molecule has 2 nitrogen and oxygen atoms in total. The van der Waals surface area contributed by atoms with E-state index in [0.717, 1.165) is 24.7 Å². The van der Waals surface area contributed by atoms with Crippen LogP contribution in [0.15, 0.2) is 24.3 Å². The van der Waals surface area contributed by atoms with Crippen LogP contribution in [0.1, 0.15) is 24.8 Å². The number of hydrogen-bond acceptors (Lipinski definition) is 2. The van der Waals surface area contributed by atoms with E-state index in [4.69, 9.17) is 16.3 Å². The molecule has 1 aliphatic carbocycles. The van der Waals surface area contributed by atoms with Crippen LogP contribution in [0.3, 0.4) is 0 Å². The van der Waals surface area contributed by atoms with Crippen LogP contribution in [0, 0.1) is 11.3 Å². The molecule has 0 radical (unpaired) electrons. The number of rotatable bonds is 2. The maximum Gasteiger partial charge on any atom is 0.133 e. The quantitative estimate of drug-likeness (QED) is 0.807. The Balaban J connectivity index is 1.94. The van der Waals surface area contributed by atoms with Crippen molar-refractivity contribution in [3.8, 4) is 0 Å². The molecule has 2 atom stereocenters. The molecule has 1 aromatic rings. The van der Waals surface area contributed by atoms with Gasteiger partial charge in [0.15, 0.2) is 0 Å². The zero-order valence-electron chi connectivity index (χ0n) is 9.78. The topological polar surface area (TPSA) is 26.3 Å². The summed E-state index contributed by atoms with van der Waals surface area (Å²) < 4.78 is 5.35. The molecule has 1 aromatic carbocycles. The predicted octanol–water partition coefficient (Wildman–Crippen LogP) is 3.05. The van der Waals surface area contributed by atoms with Crippen molar-refractivity contribution in [1.29, 1.82) is 0 Å². The molecule has 1 aliphatic heterocycles. The lowest BCUT2D eigenvalue weighted by Crippen LogP contribution is -2.59. The van der Waals surface area contributed by atoms with Gasteiger partial charge in [-0.05, 0) is 31.0 Å². The lowest BCUT2D eigenvalue weighted by molar-refractivity contribution is -0.197. The number of ketones is 1. The van der Waals surface area contributed by atoms with Gasteiger partial charge in [0.25, 0.3) is 0 Å². The van der Waals surface area contributed by atoms with Gasteiger partial charge in [0.05, 0.1) is 13.2 Å². The SMILES string of the molecule is CC(=O)C1CC2(COC2)C1c1cccc(Cl)c1. The molecule has 1 spiro atoms. The molecule has 1 heterocycles. The lowest BCUT2D eigenvalue weighted by Gasteiger charge is -2.59. The van der Waals surface area contributed by atoms with Gasteiger partial charge in [0.1, 0.15) is 5.78 Å². The van der Waals surface area contributed by atoms with Gasteiger partial charge in [-0.2, -0.15) is 0 Å². The van der Waals surface area contributed by atoms with Crippen molar-refractivity contribution >= 4 is 17.4 Å². The van der Waals surface area contributed by atoms with Crippen LogP contribution in [0.4, 0.5) is 0 Å². The molecule has 2 aliphatic rings. The maximum absolute atomic E-state index is 11.6. The first kappa shape index (κ1) is 11.2. The van der Waals surface area contributed by atoms with Gasteiger partial charge < -0.3 is 4.74 Å². The number of carbonyl (C=O) groups is 1. The summed E-state index contributed by atoms with van der Waals surface area (Å²) in [6.07, 6.45) is 0.972. The molecule has 17 heavy (non-hydrogen) atoms. The zero-order chi connectivity index (χ0) is 12.0. The van der Waals surface area contributed by atoms with E-state index in [-0.39, 0.29) is 17.1 Å². The summed E-state index contributed by atoms with van der Waals surface area (Å²) in [5.41, 5.74) is 1.40. The molecule has 90 valence electrons. The van der Waals surface area contributed by atoms with Gasteiger partial charge in [0, 0.05) is 22.3 Å². The van der Waals surface area contributed by atoms with Gasteiger partial charge in [-0.15, -0.1) is 0 Å². The van der Waals surface area contributed by atoms with Crippen LogP contribution in [0.2, 0.25) is 5.02 Å². The highest BCUT2D eigenvalue weighted by molar-refractivity contribution is 6.30. The molecular weight excluding hydrogens is 236 g/mol. The van der Waals surface area contributed by atoms with Crippen LogP contribution in [-0.4, -0.2) is 19.0 Å². The fraction of sp³-hybridized carbons (Fsp3) is 0.500. The Labute approximate surface area is 106 Å². The molecule has 3 heteroatoms. The second kappa shape index (κ2) is 3.82. The summed E-state index contributed by atoms with van der Waals surface area (Å²) in [6.45, 7) is 3.26. The number of benzene rings is 1. The van der Waals surface area contributed by atoms with Gasteiger partial charge in [0.2, 0.25) is 0 Å². The number of carbonyl (C=O) groups excluding carboxylic acids is 1. The lowest BCUT2D eigenvalue weighted by atomic mass is 9.49. The van der Waals surface area contributed by atoms with Crippen molar-refractivity contribution < 1.29 is 9.53 Å². The van der Waals surface area contributed by atoms with Crippen molar-refractivity contribution in [2.75, 3.05) is 13.2 Å². The van der Waals surface area contributed by atoms with Crippen LogP contribution in [-0.2, 0) is 9.53 Å². The Hall–Kier alpha value is -0.860. The van der Waals surface area contributed by atoms with Crippen molar-refractivity contribution in [3.63, 3.8) is 0 Å². The fourth-order valence-electron chi connectivity index (χ4n) is 3.28. The average molecular weight is 251 g/mol. The van der Waals surface area contributed by atoms with E-state index >= 15 is 0 Å². The summed E-state index contributed by atoms with van der Waals surface area (Å²) in [4.78, 5) is 11.6. The summed E-state index contributed by atoms with van der Waals surface area (Å²) in [5.74, 6) is 0.734. The minimum absolute atomic E-state index is 0.150. The first-order valence-electron chi connectivity index (χ1n) is 5.96. The Morgan fingerprint density at radius 3 is 2.76 bits per heavy atom. The number of Topliss-reactive ketones (excluding diaryl/α,β-unsaturated/α-hetero) is 1. The third-order valence-electron chi connectivity index (χ3n) is 4.20. The average Bonchev–Trinajstić information content (AvgIpc) is 2.13. The molecule has 0 amide bonds. The molecule has 2 fully saturated rings. The number of ether oxygens (including phenoxy) is 1. The van der Waals surface area contributed by atoms with E-state index in [1.807, 2.05) is 18.2 Å². The van der Waals surface area contributed by atoms with Crippen molar-refractivity contribution in [2.45, 2.75) is 19.3 Å². The van der Waals surface area contributed by atoms with E-state index in [1.165, 1.54) is 5.56 Å². The van der Waals surface area contributed by atoms with Crippen LogP contribution in [0.5, 0.6) is 0 Å². The van der Waals surface area contributed by atoms with Crippen LogP contribution in [0.25, 0.3) is 0 Å². The molecule has 1 saturated heterocycles. The summed E-state index contributed by atoms with van der Waals surface area (Å²) in [6, 6.07) is 7.89. The monoisotopic (exact) mass is 250 g/mol. The third kappa shape index (κ3) is 1.62. The van der Waals surface area contributed by atoms with Gasteiger partial charge in [-0.1, -0.05) is 23.7 Å². The Morgan fingerprint density at radius 2 is 2.24 bits per heavy atom. The van der Waals surface area contributed by atoms with E-state index in [0.29, 0.717) is 5.92 Å². The van der Waals surface area contributed by atoms with Crippen molar-refractivity contribution in [1.82, 2.24) is 0 Å². The second-order valence-corrected chi connectivity index (χ2v) is 5.75. The predicted molar refractivity (Wildman–Crippen MR) is 66.2 cm³/mol. The van der Waals surface area contributed by atoms with E-state index in [9.17, 15) is 4.79 Å². The maximum atomic E-state index is 11.6. The molecule has 1 saturated carbocycles. The highest BCUT2D eigenvalue weighted by Crippen LogP contribution is 2.61. The van der Waals surface area contributed by atoms with E-state index < -0.39 is 0 Å². The third-order valence-corrected chi connectivity index (χ3v) is 4.43. The molecule has 0 N–H and O–H groups in total. The molecule has 0 aromatic heterocycles. The molecular formula is C14H15ClO2. The van der Waals surface area contributed by atoms with E-state index in [1.54, 1.807) is 6.92 Å². The number of halogens is 1. The summed E-state index contributed by atoms with van der Waals surface area (Å²) >= 11 is 6.04. The second-order valence-electron chi connectivity index (χ2n) is 5.31. The van der Waals surface area contributed by atoms with Crippen molar-refractivity contribution in [3.05, 3.63) is 34.9 Å². The van der Waals surface area contributed by atoms with Gasteiger partial charge in [-0.3, -0.25) is 4.79 Å². The van der Waals surface area contributed by atoms with Gasteiger partial charge in [-0.25, -0.2) is 0 Å². The Kier molecular flexibility index (Phi) is 2.53. The standard InChI is InChI=1S/C14H15ClO2/c1-9(16)12-6-14(7-17-8-14)13(12)10-3-2-4-11(15)5-10/h2-5,12-13H,6-8H2,1H3. The zero-order valence-corrected chi connectivity index (χ0v) is 10.5. The van der Waals surface area contributed by atoms with Crippen LogP contribution >= 0.6 is 11.6 Å². The molecule has 0 bridgehead atoms. The summed E-state index contributed by atoms with van der Waals surface area (Å²) in [5, 5.41) is 0.743. The Morgan fingerprint density at radius 1 is 1.47 bits per heavy atom. The number of hydrogen-bond donors (Lipinski definition) is 0. The van der Waals surface area contributed by atoms with Gasteiger partial charge >= 0.3 is 0 Å². The fourth-order valence-corrected chi connectivity index (χ4v) is 3.47. The normalized spacial score (nSPS) is 29.5. The van der Waals surface area contributed by atoms with Crippen molar-refractivity contribution in [2.24, 2.45) is 11.3 Å². The molecule has 3 rings (SSSR count). The minimum Gasteiger partial charge on any atom is -0.380 e. The highest BCUT2D eigenvalue weighted by Gasteiger charge is 2.59. The highest BCUT2D eigenvalue weighted by atomic mass is 35.5. The first-order chi connectivity index (χ1) is 8.12. The van der Waals surface area contributed by atoms with E-state index in [2.05, 4.69) is 6.07 Å². The van der Waals surface area contributed by atoms with Crippen LogP contribution < -0.4 is 0 Å². The Bertz CT molecular complexity index is 465. The smallest absolute Gasteiger partial charge is 0.133 e. The minimum atomic E-state index is 0.150.